The first-order valence-corrected chi connectivity index (χ1v) is 14.5. The maximum Gasteiger partial charge on any atom is 0.261 e. The standard InChI is InChI=1S/C33H37N3O3/c1-20-7-10-26(37)15-28(20)33-11-12-35(17-22-8-9-22)21(2)29(33)14-25-13-27(31(38)34-30(25)16-33)32(39)36-18-23-5-3-4-6-24(23)19-36/h3-7,10,13,15,21-22,29,37H,8-9,11-12,14,16-19H2,1-2H3,(H,34,38)/t21-,29+,33-/m1/s1. The van der Waals surface area contributed by atoms with Gasteiger partial charge in [-0.2, -0.15) is 0 Å². The quantitative estimate of drug-likeness (QED) is 0.520. The number of carbonyl (C=O) groups is 1. The third-order valence-electron chi connectivity index (χ3n) is 10.2. The van der Waals surface area contributed by atoms with Crippen molar-refractivity contribution in [1.82, 2.24) is 14.8 Å². The van der Waals surface area contributed by atoms with Crippen LogP contribution >= 0.6 is 0 Å². The fraction of sp³-hybridized carbons (Fsp3) is 0.455. The molecule has 7 rings (SSSR count). The van der Waals surface area contributed by atoms with E-state index in [-0.39, 0.29) is 22.4 Å². The number of pyridine rings is 1. The smallest absolute Gasteiger partial charge is 0.261 e. The Bertz CT molecular complexity index is 1500. The van der Waals surface area contributed by atoms with Gasteiger partial charge in [-0.3, -0.25) is 9.59 Å². The molecule has 1 saturated carbocycles. The van der Waals surface area contributed by atoms with Crippen molar-refractivity contribution in [1.29, 1.82) is 0 Å². The predicted octanol–water partition coefficient (Wildman–Crippen LogP) is 4.70. The van der Waals surface area contributed by atoms with E-state index in [9.17, 15) is 14.7 Å². The third-order valence-corrected chi connectivity index (χ3v) is 10.2. The highest BCUT2D eigenvalue weighted by atomic mass is 16.3. The number of H-pyrrole nitrogens is 1. The highest BCUT2D eigenvalue weighted by Crippen LogP contribution is 2.51. The van der Waals surface area contributed by atoms with Gasteiger partial charge in [-0.05, 0) is 110 Å². The van der Waals surface area contributed by atoms with E-state index in [4.69, 9.17) is 0 Å². The first-order chi connectivity index (χ1) is 18.8. The van der Waals surface area contributed by atoms with E-state index in [2.05, 4.69) is 35.9 Å². The van der Waals surface area contributed by atoms with Crippen LogP contribution in [0.2, 0.25) is 0 Å². The molecule has 2 aliphatic carbocycles. The van der Waals surface area contributed by atoms with Crippen LogP contribution in [0.3, 0.4) is 0 Å². The maximum atomic E-state index is 13.6. The molecule has 2 aromatic carbocycles. The van der Waals surface area contributed by atoms with Gasteiger partial charge in [0.15, 0.2) is 0 Å². The normalized spacial score (nSPS) is 26.2. The number of phenolic OH excluding ortho intramolecular Hbond substituents is 1. The molecular formula is C33H37N3O3. The third kappa shape index (κ3) is 4.11. The van der Waals surface area contributed by atoms with Gasteiger partial charge in [0.05, 0.1) is 0 Å². The minimum atomic E-state index is -0.296. The summed E-state index contributed by atoms with van der Waals surface area (Å²) in [5.41, 5.74) is 6.52. The maximum absolute atomic E-state index is 13.6. The molecule has 0 radical (unpaired) electrons. The molecule has 6 nitrogen and oxygen atoms in total. The number of hydrogen-bond acceptors (Lipinski definition) is 4. The number of amides is 1. The Hall–Kier alpha value is -3.38. The Labute approximate surface area is 229 Å². The zero-order chi connectivity index (χ0) is 26.9. The van der Waals surface area contributed by atoms with Crippen LogP contribution in [0.1, 0.15) is 70.1 Å². The number of nitrogens with zero attached hydrogens (tertiary/aromatic N) is 2. The van der Waals surface area contributed by atoms with Crippen molar-refractivity contribution in [3.05, 3.63) is 98.0 Å². The SMILES string of the molecule is Cc1ccc(O)cc1[C@]12CCN(CC3CC3)[C@H](C)[C@@H]1Cc1cc(C(=O)N3Cc4ccccc4C3)c(=O)[nH]c1C2. The number of piperidine rings is 1. The lowest BCUT2D eigenvalue weighted by Gasteiger charge is -2.55. The van der Waals surface area contributed by atoms with E-state index >= 15 is 0 Å². The molecule has 4 aliphatic rings. The zero-order valence-corrected chi connectivity index (χ0v) is 22.9. The summed E-state index contributed by atoms with van der Waals surface area (Å²) < 4.78 is 0. The second-order valence-electron chi connectivity index (χ2n) is 12.5. The second-order valence-corrected chi connectivity index (χ2v) is 12.5. The summed E-state index contributed by atoms with van der Waals surface area (Å²) in [6, 6.07) is 16.1. The molecule has 3 aromatic rings. The number of aromatic hydroxyl groups is 1. The van der Waals surface area contributed by atoms with Crippen LogP contribution in [0.5, 0.6) is 5.75 Å². The molecule has 3 atom stereocenters. The van der Waals surface area contributed by atoms with Crippen LogP contribution in [-0.4, -0.2) is 44.9 Å². The number of hydrogen-bond donors (Lipinski definition) is 2. The first-order valence-electron chi connectivity index (χ1n) is 14.5. The van der Waals surface area contributed by atoms with Gasteiger partial charge in [0.25, 0.3) is 11.5 Å². The molecule has 39 heavy (non-hydrogen) atoms. The van der Waals surface area contributed by atoms with Gasteiger partial charge in [0.1, 0.15) is 11.3 Å². The second kappa shape index (κ2) is 9.09. The molecule has 2 N–H and O–H groups in total. The summed E-state index contributed by atoms with van der Waals surface area (Å²) in [7, 11) is 0. The number of rotatable bonds is 4. The van der Waals surface area contributed by atoms with Gasteiger partial charge < -0.3 is 19.9 Å². The first kappa shape index (κ1) is 24.6. The molecule has 1 aromatic heterocycles. The summed E-state index contributed by atoms with van der Waals surface area (Å²) in [6.07, 6.45) is 5.19. The highest BCUT2D eigenvalue weighted by molar-refractivity contribution is 5.94. The van der Waals surface area contributed by atoms with Crippen molar-refractivity contribution >= 4 is 5.91 Å². The van der Waals surface area contributed by atoms with E-state index in [1.54, 1.807) is 11.0 Å². The largest absolute Gasteiger partial charge is 0.508 e. The average molecular weight is 524 g/mol. The molecule has 0 bridgehead atoms. The zero-order valence-electron chi connectivity index (χ0n) is 22.9. The Balaban J connectivity index is 1.26. The number of fused-ring (bicyclic) bond motifs is 3. The molecule has 2 aliphatic heterocycles. The Morgan fingerprint density at radius 3 is 2.54 bits per heavy atom. The lowest BCUT2D eigenvalue weighted by atomic mass is 9.55. The fourth-order valence-electron chi connectivity index (χ4n) is 7.81. The fourth-order valence-corrected chi connectivity index (χ4v) is 7.81. The predicted molar refractivity (Wildman–Crippen MR) is 151 cm³/mol. The van der Waals surface area contributed by atoms with Crippen LogP contribution in [-0.2, 0) is 31.3 Å². The van der Waals surface area contributed by atoms with Crippen molar-refractivity contribution < 1.29 is 9.90 Å². The monoisotopic (exact) mass is 523 g/mol. The van der Waals surface area contributed by atoms with Crippen molar-refractivity contribution in [2.45, 2.75) is 70.5 Å². The highest BCUT2D eigenvalue weighted by Gasteiger charge is 2.52. The number of aromatic nitrogens is 1. The Kier molecular flexibility index (Phi) is 5.74. The number of benzene rings is 2. The van der Waals surface area contributed by atoms with E-state index < -0.39 is 0 Å². The Morgan fingerprint density at radius 2 is 1.82 bits per heavy atom. The number of likely N-dealkylation sites (tertiary alicyclic amines) is 1. The van der Waals surface area contributed by atoms with Crippen LogP contribution in [0.15, 0.2) is 53.3 Å². The summed E-state index contributed by atoms with van der Waals surface area (Å²) in [5, 5.41) is 10.5. The van der Waals surface area contributed by atoms with Crippen molar-refractivity contribution in [3.63, 3.8) is 0 Å². The van der Waals surface area contributed by atoms with Crippen molar-refractivity contribution in [2.75, 3.05) is 13.1 Å². The van der Waals surface area contributed by atoms with Gasteiger partial charge >= 0.3 is 0 Å². The van der Waals surface area contributed by atoms with Crippen LogP contribution in [0.25, 0.3) is 0 Å². The van der Waals surface area contributed by atoms with E-state index in [0.29, 0.717) is 30.8 Å². The van der Waals surface area contributed by atoms with Crippen LogP contribution in [0, 0.1) is 18.8 Å². The minimum Gasteiger partial charge on any atom is -0.508 e. The molecule has 1 saturated heterocycles. The number of aromatic amines is 1. The van der Waals surface area contributed by atoms with Crippen molar-refractivity contribution in [2.24, 2.45) is 11.8 Å². The van der Waals surface area contributed by atoms with Gasteiger partial charge in [-0.25, -0.2) is 0 Å². The number of phenols is 1. The van der Waals surface area contributed by atoms with Gasteiger partial charge in [0, 0.05) is 36.8 Å². The molecule has 202 valence electrons. The molecule has 0 unspecified atom stereocenters. The van der Waals surface area contributed by atoms with E-state index in [0.717, 1.165) is 60.7 Å². The van der Waals surface area contributed by atoms with E-state index in [1.807, 2.05) is 30.3 Å². The lowest BCUT2D eigenvalue weighted by molar-refractivity contribution is 0.0246. The van der Waals surface area contributed by atoms with Crippen LogP contribution < -0.4 is 5.56 Å². The number of carbonyl (C=O) groups excluding carboxylic acids is 1. The summed E-state index contributed by atoms with van der Waals surface area (Å²) in [5.74, 6) is 1.25. The summed E-state index contributed by atoms with van der Waals surface area (Å²) in [6.45, 7) is 7.76. The molecule has 3 heterocycles. The van der Waals surface area contributed by atoms with E-state index in [1.165, 1.54) is 24.0 Å². The molecule has 0 spiro atoms. The average Bonchev–Trinajstić information content (AvgIpc) is 3.64. The van der Waals surface area contributed by atoms with Gasteiger partial charge in [0.2, 0.25) is 0 Å². The van der Waals surface area contributed by atoms with Crippen LogP contribution in [0.4, 0.5) is 0 Å². The molecule has 1 amide bonds. The Morgan fingerprint density at radius 1 is 1.08 bits per heavy atom. The van der Waals surface area contributed by atoms with Gasteiger partial charge in [-0.15, -0.1) is 0 Å². The lowest BCUT2D eigenvalue weighted by Crippen LogP contribution is -2.59. The topological polar surface area (TPSA) is 76.6 Å². The van der Waals surface area contributed by atoms with Crippen molar-refractivity contribution in [3.8, 4) is 5.75 Å². The summed E-state index contributed by atoms with van der Waals surface area (Å²) >= 11 is 0. The van der Waals surface area contributed by atoms with Gasteiger partial charge in [-0.1, -0.05) is 30.3 Å². The molecular weight excluding hydrogens is 486 g/mol. The molecule has 2 fully saturated rings. The minimum absolute atomic E-state index is 0.166. The number of nitrogens with one attached hydrogen (secondary N) is 1. The molecule has 6 heteroatoms. The number of aryl methyl sites for hydroxylation is 1. The summed E-state index contributed by atoms with van der Waals surface area (Å²) in [4.78, 5) is 34.6.